The minimum Gasteiger partial charge on any atom is -0.483 e. The Kier molecular flexibility index (Phi) is 7.37. The molecule has 0 aliphatic carbocycles. The Hall–Kier alpha value is -2.40. The zero-order valence-electron chi connectivity index (χ0n) is 15.4. The number of aromatic nitrogens is 2. The van der Waals surface area contributed by atoms with E-state index in [1.165, 1.54) is 36.7 Å². The fourth-order valence-electron chi connectivity index (χ4n) is 2.33. The number of amides is 1. The number of carbonyl (C=O) groups is 1. The van der Waals surface area contributed by atoms with Crippen LogP contribution in [-0.4, -0.2) is 28.5 Å². The molecule has 0 saturated heterocycles. The van der Waals surface area contributed by atoms with Gasteiger partial charge in [-0.1, -0.05) is 34.8 Å². The highest BCUT2D eigenvalue weighted by atomic mass is 35.5. The molecule has 0 atom stereocenters. The summed E-state index contributed by atoms with van der Waals surface area (Å²) in [4.78, 5) is 12.3. The summed E-state index contributed by atoms with van der Waals surface area (Å²) in [6.07, 6.45) is -1.87. The first-order valence-electron chi connectivity index (χ1n) is 8.45. The molecule has 0 aliphatic rings. The van der Waals surface area contributed by atoms with Gasteiger partial charge in [-0.2, -0.15) is 18.3 Å². The van der Waals surface area contributed by atoms with E-state index in [1.54, 1.807) is 0 Å². The lowest BCUT2D eigenvalue weighted by Crippen LogP contribution is -2.18. The summed E-state index contributed by atoms with van der Waals surface area (Å²) in [5.41, 5.74) is 0.245. The van der Waals surface area contributed by atoms with E-state index in [-0.39, 0.29) is 33.8 Å². The van der Waals surface area contributed by atoms with Crippen molar-refractivity contribution in [2.45, 2.75) is 19.5 Å². The fourth-order valence-corrected chi connectivity index (χ4v) is 3.26. The molecule has 1 N–H and O–H groups in total. The van der Waals surface area contributed by atoms with Crippen molar-refractivity contribution < 1.29 is 31.9 Å². The molecule has 31 heavy (non-hydrogen) atoms. The molecule has 0 spiro atoms. The summed E-state index contributed by atoms with van der Waals surface area (Å²) in [5.74, 6) is -0.0729. The van der Waals surface area contributed by atoms with Crippen molar-refractivity contribution in [3.05, 3.63) is 63.2 Å². The first-order valence-corrected chi connectivity index (χ1v) is 9.58. The number of ether oxygens (including phenoxy) is 2. The van der Waals surface area contributed by atoms with Crippen LogP contribution in [0.5, 0.6) is 5.75 Å². The second kappa shape index (κ2) is 9.82. The Balaban J connectivity index is 1.54. The Bertz CT molecular complexity index is 1050. The van der Waals surface area contributed by atoms with E-state index in [1.807, 2.05) is 0 Å². The quantitative estimate of drug-likeness (QED) is 0.424. The maximum Gasteiger partial charge on any atom is 0.411 e. The number of rotatable bonds is 8. The SMILES string of the molecule is O=C(Nc1cnn(COCC(F)(F)F)c1)c1ccc(COc2c(Cl)cc(Cl)cc2Cl)o1. The number of nitrogens with one attached hydrogen (secondary N) is 1. The molecule has 13 heteroatoms. The molecule has 2 heterocycles. The minimum atomic E-state index is -4.44. The smallest absolute Gasteiger partial charge is 0.411 e. The predicted octanol–water partition coefficient (Wildman–Crippen LogP) is 5.80. The molecule has 0 bridgehead atoms. The summed E-state index contributed by atoms with van der Waals surface area (Å²) in [6.45, 7) is -1.88. The first kappa shape index (κ1) is 23.3. The van der Waals surface area contributed by atoms with Gasteiger partial charge < -0.3 is 19.2 Å². The average Bonchev–Trinajstić information content (AvgIpc) is 3.29. The van der Waals surface area contributed by atoms with Crippen molar-refractivity contribution in [1.82, 2.24) is 9.78 Å². The molecule has 0 aliphatic heterocycles. The van der Waals surface area contributed by atoms with Gasteiger partial charge in [0.2, 0.25) is 0 Å². The van der Waals surface area contributed by atoms with Crippen LogP contribution >= 0.6 is 34.8 Å². The molecule has 0 saturated carbocycles. The number of alkyl halides is 3. The van der Waals surface area contributed by atoms with Gasteiger partial charge in [-0.05, 0) is 24.3 Å². The van der Waals surface area contributed by atoms with E-state index in [0.29, 0.717) is 10.8 Å². The van der Waals surface area contributed by atoms with Gasteiger partial charge in [0, 0.05) is 5.02 Å². The molecule has 3 aromatic rings. The summed E-state index contributed by atoms with van der Waals surface area (Å²) in [6, 6.07) is 5.90. The van der Waals surface area contributed by atoms with Crippen molar-refractivity contribution in [2.75, 3.05) is 11.9 Å². The van der Waals surface area contributed by atoms with E-state index < -0.39 is 25.4 Å². The largest absolute Gasteiger partial charge is 0.483 e. The third-order valence-corrected chi connectivity index (χ3v) is 4.37. The summed E-state index contributed by atoms with van der Waals surface area (Å²) >= 11 is 17.9. The maximum absolute atomic E-state index is 12.3. The van der Waals surface area contributed by atoms with E-state index in [0.717, 1.165) is 4.68 Å². The maximum atomic E-state index is 12.3. The molecule has 1 amide bonds. The number of nitrogens with zero attached hydrogens (tertiary/aromatic N) is 2. The van der Waals surface area contributed by atoms with Gasteiger partial charge in [-0.25, -0.2) is 4.68 Å². The standard InChI is InChI=1S/C18H13Cl3F3N3O4/c19-10-3-13(20)16(14(21)4-10)30-7-12-1-2-15(31-12)17(28)26-11-5-25-27(6-11)9-29-8-18(22,23)24/h1-6H,7-9H2,(H,26,28). The Morgan fingerprint density at radius 1 is 1.19 bits per heavy atom. The molecular formula is C18H13Cl3F3N3O4. The number of hydrogen-bond acceptors (Lipinski definition) is 5. The number of carbonyl (C=O) groups excluding carboxylic acids is 1. The van der Waals surface area contributed by atoms with Gasteiger partial charge in [0.25, 0.3) is 5.91 Å². The highest BCUT2D eigenvalue weighted by Crippen LogP contribution is 2.36. The fraction of sp³-hybridized carbons (Fsp3) is 0.222. The van der Waals surface area contributed by atoms with Crippen LogP contribution < -0.4 is 10.1 Å². The van der Waals surface area contributed by atoms with Gasteiger partial charge in [0.05, 0.1) is 28.1 Å². The highest BCUT2D eigenvalue weighted by Gasteiger charge is 2.27. The van der Waals surface area contributed by atoms with E-state index in [2.05, 4.69) is 15.2 Å². The summed E-state index contributed by atoms with van der Waals surface area (Å²) < 4.78 is 52.8. The number of anilines is 1. The molecular weight excluding hydrogens is 486 g/mol. The third-order valence-electron chi connectivity index (χ3n) is 3.59. The minimum absolute atomic E-state index is 0.0204. The van der Waals surface area contributed by atoms with Crippen LogP contribution in [0, 0.1) is 0 Å². The van der Waals surface area contributed by atoms with Crippen molar-refractivity contribution in [3.63, 3.8) is 0 Å². The predicted molar refractivity (Wildman–Crippen MR) is 107 cm³/mol. The van der Waals surface area contributed by atoms with Gasteiger partial charge in [0.15, 0.2) is 11.5 Å². The second-order valence-corrected chi connectivity index (χ2v) is 7.32. The van der Waals surface area contributed by atoms with Gasteiger partial charge in [-0.3, -0.25) is 4.79 Å². The molecule has 1 aromatic carbocycles. The molecule has 2 aromatic heterocycles. The van der Waals surface area contributed by atoms with Crippen molar-refractivity contribution in [1.29, 1.82) is 0 Å². The van der Waals surface area contributed by atoms with Crippen LogP contribution in [0.25, 0.3) is 0 Å². The number of halogens is 6. The normalized spacial score (nSPS) is 11.5. The lowest BCUT2D eigenvalue weighted by molar-refractivity contribution is -0.182. The summed E-state index contributed by atoms with van der Waals surface area (Å²) in [7, 11) is 0. The van der Waals surface area contributed by atoms with Crippen molar-refractivity contribution in [2.24, 2.45) is 0 Å². The molecule has 0 radical (unpaired) electrons. The van der Waals surface area contributed by atoms with Crippen LogP contribution in [0.3, 0.4) is 0 Å². The summed E-state index contributed by atoms with van der Waals surface area (Å²) in [5, 5.41) is 7.10. The first-order chi connectivity index (χ1) is 14.6. The lowest BCUT2D eigenvalue weighted by Gasteiger charge is -2.09. The van der Waals surface area contributed by atoms with Crippen LogP contribution in [0.2, 0.25) is 15.1 Å². The van der Waals surface area contributed by atoms with Crippen molar-refractivity contribution >= 4 is 46.4 Å². The van der Waals surface area contributed by atoms with Crippen LogP contribution in [-0.2, 0) is 18.1 Å². The number of benzene rings is 1. The Morgan fingerprint density at radius 2 is 1.90 bits per heavy atom. The van der Waals surface area contributed by atoms with E-state index in [4.69, 9.17) is 44.0 Å². The average molecular weight is 499 g/mol. The van der Waals surface area contributed by atoms with E-state index in [9.17, 15) is 18.0 Å². The van der Waals surface area contributed by atoms with Gasteiger partial charge in [-0.15, -0.1) is 0 Å². The van der Waals surface area contributed by atoms with Gasteiger partial charge >= 0.3 is 6.18 Å². The molecule has 3 rings (SSSR count). The van der Waals surface area contributed by atoms with Crippen LogP contribution in [0.15, 0.2) is 41.1 Å². The van der Waals surface area contributed by atoms with E-state index >= 15 is 0 Å². The topological polar surface area (TPSA) is 78.5 Å². The Labute approximate surface area is 188 Å². The third kappa shape index (κ3) is 6.79. The monoisotopic (exact) mass is 497 g/mol. The highest BCUT2D eigenvalue weighted by molar-refractivity contribution is 6.40. The number of hydrogen-bond donors (Lipinski definition) is 1. The molecule has 166 valence electrons. The zero-order valence-corrected chi connectivity index (χ0v) is 17.6. The van der Waals surface area contributed by atoms with Crippen LogP contribution in [0.1, 0.15) is 16.3 Å². The zero-order chi connectivity index (χ0) is 22.6. The Morgan fingerprint density at radius 3 is 2.58 bits per heavy atom. The lowest BCUT2D eigenvalue weighted by atomic mass is 10.3. The van der Waals surface area contributed by atoms with Crippen molar-refractivity contribution in [3.8, 4) is 5.75 Å². The molecule has 0 fully saturated rings. The molecule has 0 unspecified atom stereocenters. The second-order valence-electron chi connectivity index (χ2n) is 6.07. The van der Waals surface area contributed by atoms with Crippen LogP contribution in [0.4, 0.5) is 18.9 Å². The van der Waals surface area contributed by atoms with Gasteiger partial charge in [0.1, 0.15) is 25.7 Å². The number of furan rings is 1. The molecule has 7 nitrogen and oxygen atoms in total.